The number of hydrogen-bond acceptors (Lipinski definition) is 3. The lowest BCUT2D eigenvalue weighted by Gasteiger charge is -2.41. The number of nitrogens with zero attached hydrogens (tertiary/aromatic N) is 3. The molecular weight excluding hydrogens is 337 g/mol. The van der Waals surface area contributed by atoms with Crippen LogP contribution in [-0.4, -0.2) is 64.3 Å². The molecule has 1 atom stereocenters. The highest BCUT2D eigenvalue weighted by Crippen LogP contribution is 2.22. The third-order valence-electron chi connectivity index (χ3n) is 4.59. The summed E-state index contributed by atoms with van der Waals surface area (Å²) in [5, 5.41) is 0. The van der Waals surface area contributed by atoms with Gasteiger partial charge in [-0.3, -0.25) is 4.90 Å². The predicted octanol–water partition coefficient (Wildman–Crippen LogP) is 2.46. The molecule has 2 heterocycles. The summed E-state index contributed by atoms with van der Waals surface area (Å²) in [5.74, 6) is 0.934. The molecule has 0 aliphatic carbocycles. The van der Waals surface area contributed by atoms with Gasteiger partial charge in [0.2, 0.25) is 0 Å². The van der Waals surface area contributed by atoms with E-state index in [0.717, 1.165) is 18.0 Å². The van der Waals surface area contributed by atoms with Crippen LogP contribution in [0.25, 0.3) is 0 Å². The summed E-state index contributed by atoms with van der Waals surface area (Å²) in [6.07, 6.45) is 2.80. The molecule has 2 aliphatic rings. The molecule has 3 nitrogen and oxygen atoms in total. The van der Waals surface area contributed by atoms with Crippen molar-refractivity contribution in [3.05, 3.63) is 0 Å². The number of likely N-dealkylation sites (tertiary alicyclic amines) is 1. The number of hydrogen-bond donors (Lipinski definition) is 0. The third-order valence-corrected chi connectivity index (χ3v) is 5.46. The Balaban J connectivity index is 1.74. The first-order chi connectivity index (χ1) is 8.56. The second-order valence-electron chi connectivity index (χ2n) is 6.29. The van der Waals surface area contributed by atoms with Gasteiger partial charge in [-0.2, -0.15) is 0 Å². The maximum Gasteiger partial charge on any atom is 0.0235 e. The average Bonchev–Trinajstić information content (AvgIpc) is 2.33. The summed E-state index contributed by atoms with van der Waals surface area (Å²) in [7, 11) is 0. The van der Waals surface area contributed by atoms with E-state index in [1.54, 1.807) is 0 Å². The van der Waals surface area contributed by atoms with Crippen LogP contribution in [0.1, 0.15) is 33.6 Å². The fourth-order valence-corrected chi connectivity index (χ4v) is 3.99. The normalized spacial score (nSPS) is 30.2. The average molecular weight is 365 g/mol. The van der Waals surface area contributed by atoms with Crippen LogP contribution >= 0.6 is 22.9 Å². The zero-order valence-electron chi connectivity index (χ0n) is 12.1. The standard InChI is InChI=1S/C14H28IN3/c1-12(2)16-6-4-14(5-7-16)11-17-8-9-18(15)10-13(17)3/h12-14H,4-11H2,1-3H3. The maximum atomic E-state index is 2.71. The summed E-state index contributed by atoms with van der Waals surface area (Å²) in [5.41, 5.74) is 0. The van der Waals surface area contributed by atoms with Crippen molar-refractivity contribution in [1.82, 2.24) is 12.9 Å². The van der Waals surface area contributed by atoms with Crippen molar-refractivity contribution >= 4 is 22.9 Å². The van der Waals surface area contributed by atoms with Crippen LogP contribution < -0.4 is 0 Å². The van der Waals surface area contributed by atoms with Crippen molar-refractivity contribution in [2.45, 2.75) is 45.7 Å². The lowest BCUT2D eigenvalue weighted by atomic mass is 9.94. The van der Waals surface area contributed by atoms with Crippen molar-refractivity contribution in [2.75, 3.05) is 39.3 Å². The van der Waals surface area contributed by atoms with Gasteiger partial charge < -0.3 is 4.90 Å². The van der Waals surface area contributed by atoms with Crippen LogP contribution in [0.2, 0.25) is 0 Å². The Bertz CT molecular complexity index is 251. The van der Waals surface area contributed by atoms with Gasteiger partial charge >= 0.3 is 0 Å². The second-order valence-corrected chi connectivity index (χ2v) is 7.65. The van der Waals surface area contributed by atoms with Crippen LogP contribution in [0, 0.1) is 5.92 Å². The van der Waals surface area contributed by atoms with Crippen molar-refractivity contribution in [3.8, 4) is 0 Å². The molecule has 0 bridgehead atoms. The van der Waals surface area contributed by atoms with Crippen LogP contribution in [0.3, 0.4) is 0 Å². The first-order valence-electron chi connectivity index (χ1n) is 7.45. The number of piperidine rings is 1. The molecule has 0 saturated carbocycles. The number of rotatable bonds is 3. The van der Waals surface area contributed by atoms with Crippen molar-refractivity contribution in [1.29, 1.82) is 0 Å². The topological polar surface area (TPSA) is 9.72 Å². The van der Waals surface area contributed by atoms with Gasteiger partial charge in [0.05, 0.1) is 0 Å². The smallest absolute Gasteiger partial charge is 0.0235 e. The van der Waals surface area contributed by atoms with E-state index in [1.807, 2.05) is 0 Å². The molecule has 0 amide bonds. The zero-order valence-corrected chi connectivity index (χ0v) is 14.3. The Kier molecular flexibility index (Phi) is 5.72. The Morgan fingerprint density at radius 2 is 1.78 bits per heavy atom. The molecule has 2 aliphatic heterocycles. The van der Waals surface area contributed by atoms with Gasteiger partial charge in [-0.05, 0) is 52.6 Å². The molecule has 1 unspecified atom stereocenters. The number of piperazine rings is 1. The molecule has 0 spiro atoms. The fourth-order valence-electron chi connectivity index (χ4n) is 3.21. The Labute approximate surface area is 126 Å². The van der Waals surface area contributed by atoms with Gasteiger partial charge in [0.25, 0.3) is 0 Å². The van der Waals surface area contributed by atoms with E-state index < -0.39 is 0 Å². The second kappa shape index (κ2) is 6.86. The van der Waals surface area contributed by atoms with E-state index in [-0.39, 0.29) is 0 Å². The van der Waals surface area contributed by atoms with E-state index in [4.69, 9.17) is 0 Å². The zero-order chi connectivity index (χ0) is 13.1. The minimum Gasteiger partial charge on any atom is -0.301 e. The highest BCUT2D eigenvalue weighted by Gasteiger charge is 2.27. The van der Waals surface area contributed by atoms with Crippen LogP contribution in [-0.2, 0) is 0 Å². The molecule has 0 aromatic rings. The summed E-state index contributed by atoms with van der Waals surface area (Å²) in [4.78, 5) is 5.34. The van der Waals surface area contributed by atoms with Crippen LogP contribution in [0.4, 0.5) is 0 Å². The van der Waals surface area contributed by atoms with Gasteiger partial charge in [0, 0.05) is 61.1 Å². The quantitative estimate of drug-likeness (QED) is 0.562. The molecule has 0 aromatic heterocycles. The van der Waals surface area contributed by atoms with Gasteiger partial charge in [-0.1, -0.05) is 0 Å². The Morgan fingerprint density at radius 3 is 2.33 bits per heavy atom. The minimum atomic E-state index is 0.729. The van der Waals surface area contributed by atoms with E-state index in [2.05, 4.69) is 56.5 Å². The minimum absolute atomic E-state index is 0.729. The third kappa shape index (κ3) is 4.05. The highest BCUT2D eigenvalue weighted by molar-refractivity contribution is 14.1. The summed E-state index contributed by atoms with van der Waals surface area (Å²) >= 11 is 2.46. The molecule has 106 valence electrons. The monoisotopic (exact) mass is 365 g/mol. The largest absolute Gasteiger partial charge is 0.301 e. The lowest BCUT2D eigenvalue weighted by molar-refractivity contribution is 0.0843. The predicted molar refractivity (Wildman–Crippen MR) is 86.1 cm³/mol. The van der Waals surface area contributed by atoms with Crippen molar-refractivity contribution < 1.29 is 0 Å². The molecule has 2 rings (SSSR count). The maximum absolute atomic E-state index is 2.71. The van der Waals surface area contributed by atoms with Gasteiger partial charge in [0.1, 0.15) is 0 Å². The summed E-state index contributed by atoms with van der Waals surface area (Å²) in [6.45, 7) is 14.7. The molecule has 2 fully saturated rings. The SMILES string of the molecule is CC(C)N1CCC(CN2CCN(I)CC2C)CC1. The van der Waals surface area contributed by atoms with Crippen molar-refractivity contribution in [2.24, 2.45) is 5.92 Å². The van der Waals surface area contributed by atoms with Crippen molar-refractivity contribution in [3.63, 3.8) is 0 Å². The molecule has 0 aromatic carbocycles. The van der Waals surface area contributed by atoms with Gasteiger partial charge in [-0.15, -0.1) is 0 Å². The van der Waals surface area contributed by atoms with Gasteiger partial charge in [-0.25, -0.2) is 3.11 Å². The first kappa shape index (κ1) is 15.0. The highest BCUT2D eigenvalue weighted by atomic mass is 127. The first-order valence-corrected chi connectivity index (χ1v) is 8.41. The summed E-state index contributed by atoms with van der Waals surface area (Å²) in [6, 6.07) is 1.46. The molecule has 0 radical (unpaired) electrons. The molecule has 2 saturated heterocycles. The Hall–Kier alpha value is 0.610. The van der Waals surface area contributed by atoms with E-state index in [0.29, 0.717) is 0 Å². The number of halogens is 1. The molecular formula is C14H28IN3. The van der Waals surface area contributed by atoms with E-state index in [9.17, 15) is 0 Å². The Morgan fingerprint density at radius 1 is 1.11 bits per heavy atom. The summed E-state index contributed by atoms with van der Waals surface area (Å²) < 4.78 is 2.43. The molecule has 18 heavy (non-hydrogen) atoms. The molecule has 4 heteroatoms. The van der Waals surface area contributed by atoms with Crippen LogP contribution in [0.5, 0.6) is 0 Å². The van der Waals surface area contributed by atoms with Gasteiger partial charge in [0.15, 0.2) is 0 Å². The lowest BCUT2D eigenvalue weighted by Crippen LogP contribution is -2.51. The van der Waals surface area contributed by atoms with E-state index in [1.165, 1.54) is 52.1 Å². The van der Waals surface area contributed by atoms with Crippen LogP contribution in [0.15, 0.2) is 0 Å². The molecule has 0 N–H and O–H groups in total. The van der Waals surface area contributed by atoms with E-state index >= 15 is 0 Å². The fraction of sp³-hybridized carbons (Fsp3) is 1.00.